The average molecular weight is 156 g/mol. The second-order valence-electron chi connectivity index (χ2n) is 2.00. The van der Waals surface area contributed by atoms with Gasteiger partial charge in [0.25, 0.3) is 0 Å². The summed E-state index contributed by atoms with van der Waals surface area (Å²) in [6, 6.07) is 4.04. The fourth-order valence-electron chi connectivity index (χ4n) is 0.649. The molecular formula is C8H10ClN. The maximum absolute atomic E-state index is 3.65. The molecule has 54 valence electrons. The Balaban J connectivity index is 0.000000810. The van der Waals surface area contributed by atoms with Crippen LogP contribution >= 0.6 is 0 Å². The Morgan fingerprint density at radius 3 is 2.30 bits per heavy atom. The molecule has 0 fully saturated rings. The Kier molecular flexibility index (Phi) is 3.74. The summed E-state index contributed by atoms with van der Waals surface area (Å²) in [5.41, 5.74) is 1.16. The van der Waals surface area contributed by atoms with Crippen molar-refractivity contribution >= 4 is 6.08 Å². The number of rotatable bonds is 1. The molecule has 0 saturated heterocycles. The molecule has 0 aliphatic carbocycles. The summed E-state index contributed by atoms with van der Waals surface area (Å²) < 4.78 is 1.99. The summed E-state index contributed by atoms with van der Waals surface area (Å²) in [5, 5.41) is 0. The molecule has 2 heteroatoms. The van der Waals surface area contributed by atoms with Gasteiger partial charge in [-0.05, 0) is 5.56 Å². The lowest BCUT2D eigenvalue weighted by atomic mass is 10.3. The first-order chi connectivity index (χ1) is 4.33. The van der Waals surface area contributed by atoms with Crippen LogP contribution in [0.3, 0.4) is 0 Å². The lowest BCUT2D eigenvalue weighted by Gasteiger charge is -1.86. The molecule has 1 heterocycles. The number of aromatic nitrogens is 1. The number of pyridine rings is 1. The van der Waals surface area contributed by atoms with Crippen LogP contribution in [0.15, 0.2) is 31.1 Å². The summed E-state index contributed by atoms with van der Waals surface area (Å²) >= 11 is 0. The third-order valence-electron chi connectivity index (χ3n) is 1.24. The van der Waals surface area contributed by atoms with E-state index >= 15 is 0 Å². The number of nitrogens with zero attached hydrogens (tertiary/aromatic N) is 1. The predicted molar refractivity (Wildman–Crippen MR) is 37.7 cm³/mol. The minimum absolute atomic E-state index is 0. The van der Waals surface area contributed by atoms with Crippen LogP contribution in [-0.4, -0.2) is 0 Å². The van der Waals surface area contributed by atoms with Crippen molar-refractivity contribution < 1.29 is 17.0 Å². The van der Waals surface area contributed by atoms with Crippen LogP contribution in [0.1, 0.15) is 5.56 Å². The monoisotopic (exact) mass is 155 g/mol. The van der Waals surface area contributed by atoms with Crippen LogP contribution in [0.2, 0.25) is 0 Å². The molecule has 0 amide bonds. The molecular weight excluding hydrogens is 146 g/mol. The van der Waals surface area contributed by atoms with Gasteiger partial charge >= 0.3 is 0 Å². The second kappa shape index (κ2) is 4.07. The van der Waals surface area contributed by atoms with Crippen molar-refractivity contribution in [2.45, 2.75) is 0 Å². The summed E-state index contributed by atoms with van der Waals surface area (Å²) in [4.78, 5) is 0. The summed E-state index contributed by atoms with van der Waals surface area (Å²) in [6.45, 7) is 3.65. The van der Waals surface area contributed by atoms with Crippen LogP contribution in [0.4, 0.5) is 0 Å². The molecule has 0 aliphatic heterocycles. The SMILES string of the molecule is C=Cc1cc[n+](C)cc1.[Cl-]. The zero-order chi connectivity index (χ0) is 6.69. The lowest BCUT2D eigenvalue weighted by Crippen LogP contribution is -3.00. The number of hydrogen-bond donors (Lipinski definition) is 0. The predicted octanol–water partition coefficient (Wildman–Crippen LogP) is -1.84. The fraction of sp³-hybridized carbons (Fsp3) is 0.125. The fourth-order valence-corrected chi connectivity index (χ4v) is 0.649. The lowest BCUT2D eigenvalue weighted by molar-refractivity contribution is -0.671. The second-order valence-corrected chi connectivity index (χ2v) is 2.00. The van der Waals surface area contributed by atoms with Gasteiger partial charge in [0.05, 0.1) is 0 Å². The normalized spacial score (nSPS) is 8.10. The van der Waals surface area contributed by atoms with Crippen molar-refractivity contribution in [3.05, 3.63) is 36.7 Å². The highest BCUT2D eigenvalue weighted by Gasteiger charge is 1.87. The van der Waals surface area contributed by atoms with Gasteiger partial charge in [0.2, 0.25) is 0 Å². The summed E-state index contributed by atoms with van der Waals surface area (Å²) in [6.07, 6.45) is 5.83. The molecule has 0 atom stereocenters. The van der Waals surface area contributed by atoms with Crippen LogP contribution in [0.5, 0.6) is 0 Å². The van der Waals surface area contributed by atoms with Gasteiger partial charge < -0.3 is 12.4 Å². The van der Waals surface area contributed by atoms with E-state index in [0.29, 0.717) is 0 Å². The first-order valence-corrected chi connectivity index (χ1v) is 2.90. The quantitative estimate of drug-likeness (QED) is 0.420. The zero-order valence-electron chi connectivity index (χ0n) is 5.92. The van der Waals surface area contributed by atoms with Crippen LogP contribution in [0, 0.1) is 0 Å². The molecule has 1 aromatic heterocycles. The van der Waals surface area contributed by atoms with E-state index in [0.717, 1.165) is 5.56 Å². The standard InChI is InChI=1S/C8H10N.ClH/c1-3-8-4-6-9(2)7-5-8;/h3-7H,1H2,2H3;1H/q+1;/p-1. The third-order valence-corrected chi connectivity index (χ3v) is 1.24. The van der Waals surface area contributed by atoms with Crippen molar-refractivity contribution in [1.29, 1.82) is 0 Å². The Bertz CT molecular complexity index is 203. The highest BCUT2D eigenvalue weighted by molar-refractivity contribution is 5.44. The molecule has 0 bridgehead atoms. The molecule has 1 aromatic rings. The van der Waals surface area contributed by atoms with E-state index in [1.807, 2.05) is 42.2 Å². The van der Waals surface area contributed by atoms with Crippen molar-refractivity contribution in [2.24, 2.45) is 7.05 Å². The van der Waals surface area contributed by atoms with Crippen LogP contribution < -0.4 is 17.0 Å². The largest absolute Gasteiger partial charge is 1.00 e. The smallest absolute Gasteiger partial charge is 0.169 e. The average Bonchev–Trinajstić information content (AvgIpc) is 1.90. The molecule has 1 rings (SSSR count). The maximum Gasteiger partial charge on any atom is 0.169 e. The molecule has 0 N–H and O–H groups in total. The van der Waals surface area contributed by atoms with Gasteiger partial charge in [-0.3, -0.25) is 0 Å². The molecule has 0 aromatic carbocycles. The van der Waals surface area contributed by atoms with E-state index in [1.54, 1.807) is 0 Å². The van der Waals surface area contributed by atoms with Gasteiger partial charge in [-0.15, -0.1) is 0 Å². The first kappa shape index (κ1) is 9.18. The summed E-state index contributed by atoms with van der Waals surface area (Å²) in [5.74, 6) is 0. The topological polar surface area (TPSA) is 3.88 Å². The Morgan fingerprint density at radius 1 is 1.40 bits per heavy atom. The highest BCUT2D eigenvalue weighted by atomic mass is 35.5. The van der Waals surface area contributed by atoms with E-state index in [2.05, 4.69) is 6.58 Å². The zero-order valence-corrected chi connectivity index (χ0v) is 6.67. The number of halogens is 1. The van der Waals surface area contributed by atoms with E-state index < -0.39 is 0 Å². The maximum atomic E-state index is 3.65. The van der Waals surface area contributed by atoms with Crippen molar-refractivity contribution in [3.63, 3.8) is 0 Å². The molecule has 0 aliphatic rings. The molecule has 1 nitrogen and oxygen atoms in total. The van der Waals surface area contributed by atoms with Gasteiger partial charge in [-0.25, -0.2) is 4.57 Å². The van der Waals surface area contributed by atoms with Crippen molar-refractivity contribution in [2.75, 3.05) is 0 Å². The Morgan fingerprint density at radius 2 is 1.90 bits per heavy atom. The van der Waals surface area contributed by atoms with Crippen molar-refractivity contribution in [3.8, 4) is 0 Å². The minimum atomic E-state index is 0. The van der Waals surface area contributed by atoms with Gasteiger partial charge in [-0.1, -0.05) is 12.7 Å². The summed E-state index contributed by atoms with van der Waals surface area (Å²) in [7, 11) is 1.99. The van der Waals surface area contributed by atoms with Gasteiger partial charge in [0, 0.05) is 12.1 Å². The van der Waals surface area contributed by atoms with Crippen molar-refractivity contribution in [1.82, 2.24) is 0 Å². The molecule has 10 heavy (non-hydrogen) atoms. The molecule has 0 spiro atoms. The molecule has 0 radical (unpaired) electrons. The van der Waals surface area contributed by atoms with Crippen LogP contribution in [0.25, 0.3) is 6.08 Å². The molecule has 0 saturated carbocycles. The van der Waals surface area contributed by atoms with Gasteiger partial charge in [0.1, 0.15) is 7.05 Å². The van der Waals surface area contributed by atoms with Gasteiger partial charge in [-0.2, -0.15) is 0 Å². The third kappa shape index (κ3) is 2.19. The number of hydrogen-bond acceptors (Lipinski definition) is 0. The first-order valence-electron chi connectivity index (χ1n) is 2.90. The number of aryl methyl sites for hydroxylation is 1. The van der Waals surface area contributed by atoms with Gasteiger partial charge in [0.15, 0.2) is 12.4 Å². The molecule has 0 unspecified atom stereocenters. The highest BCUT2D eigenvalue weighted by Crippen LogP contribution is 1.94. The van der Waals surface area contributed by atoms with E-state index in [4.69, 9.17) is 0 Å². The van der Waals surface area contributed by atoms with E-state index in [1.165, 1.54) is 0 Å². The Hall–Kier alpha value is -0.820. The Labute approximate surface area is 67.4 Å². The van der Waals surface area contributed by atoms with Crippen LogP contribution in [-0.2, 0) is 7.05 Å². The van der Waals surface area contributed by atoms with E-state index in [-0.39, 0.29) is 12.4 Å². The van der Waals surface area contributed by atoms with E-state index in [9.17, 15) is 0 Å². The minimum Gasteiger partial charge on any atom is -1.00 e.